The topological polar surface area (TPSA) is 32.3 Å². The van der Waals surface area contributed by atoms with Gasteiger partial charge in [0.2, 0.25) is 5.91 Å². The molecule has 122 valence electrons. The van der Waals surface area contributed by atoms with Crippen LogP contribution < -0.4 is 5.32 Å². The van der Waals surface area contributed by atoms with Gasteiger partial charge in [-0.05, 0) is 41.3 Å². The number of rotatable bonds is 5. The molecule has 0 saturated carbocycles. The number of fused-ring (bicyclic) bond motifs is 1. The third-order valence-corrected chi connectivity index (χ3v) is 4.55. The number of carbonyl (C=O) groups is 1. The summed E-state index contributed by atoms with van der Waals surface area (Å²) in [6.45, 7) is 6.85. The molecule has 2 aromatic rings. The SMILES string of the molecule is CC(C)CC(=O)N(Cc1ccc2ccccc2c1)[C@@H]1CCNC1. The van der Waals surface area contributed by atoms with Gasteiger partial charge in [0, 0.05) is 25.6 Å². The number of carbonyl (C=O) groups excluding carboxylic acids is 1. The Morgan fingerprint density at radius 3 is 2.70 bits per heavy atom. The van der Waals surface area contributed by atoms with Crippen LogP contribution in [-0.4, -0.2) is 29.9 Å². The lowest BCUT2D eigenvalue weighted by atomic mass is 10.0. The van der Waals surface area contributed by atoms with Crippen molar-refractivity contribution < 1.29 is 4.79 Å². The fraction of sp³-hybridized carbons (Fsp3) is 0.450. The van der Waals surface area contributed by atoms with Gasteiger partial charge < -0.3 is 10.2 Å². The fourth-order valence-electron chi connectivity index (χ4n) is 3.33. The minimum atomic E-state index is 0.279. The molecule has 0 aliphatic carbocycles. The summed E-state index contributed by atoms with van der Waals surface area (Å²) in [5.41, 5.74) is 1.22. The van der Waals surface area contributed by atoms with Crippen LogP contribution in [0.15, 0.2) is 42.5 Å². The van der Waals surface area contributed by atoms with E-state index in [0.29, 0.717) is 24.9 Å². The summed E-state index contributed by atoms with van der Waals surface area (Å²) in [6.07, 6.45) is 1.68. The summed E-state index contributed by atoms with van der Waals surface area (Å²) >= 11 is 0. The largest absolute Gasteiger partial charge is 0.334 e. The molecule has 0 aromatic heterocycles. The number of hydrogen-bond acceptors (Lipinski definition) is 2. The molecular weight excluding hydrogens is 284 g/mol. The van der Waals surface area contributed by atoms with E-state index in [1.165, 1.54) is 16.3 Å². The van der Waals surface area contributed by atoms with Gasteiger partial charge in [-0.3, -0.25) is 4.79 Å². The molecule has 1 amide bonds. The number of hydrogen-bond donors (Lipinski definition) is 1. The van der Waals surface area contributed by atoms with E-state index in [1.54, 1.807) is 0 Å². The third kappa shape index (κ3) is 3.91. The summed E-state index contributed by atoms with van der Waals surface area (Å²) in [5.74, 6) is 0.679. The van der Waals surface area contributed by atoms with Crippen molar-refractivity contribution in [3.8, 4) is 0 Å². The van der Waals surface area contributed by atoms with Crippen LogP contribution in [0.1, 0.15) is 32.3 Å². The third-order valence-electron chi connectivity index (χ3n) is 4.55. The van der Waals surface area contributed by atoms with Crippen LogP contribution in [0, 0.1) is 5.92 Å². The molecule has 0 bridgehead atoms. The van der Waals surface area contributed by atoms with E-state index in [4.69, 9.17) is 0 Å². The van der Waals surface area contributed by atoms with E-state index in [2.05, 4.69) is 66.5 Å². The van der Waals surface area contributed by atoms with Gasteiger partial charge in [0.05, 0.1) is 0 Å². The van der Waals surface area contributed by atoms with E-state index in [-0.39, 0.29) is 5.91 Å². The maximum absolute atomic E-state index is 12.7. The Labute approximate surface area is 138 Å². The van der Waals surface area contributed by atoms with Gasteiger partial charge in [0.25, 0.3) is 0 Å². The number of nitrogens with zero attached hydrogens (tertiary/aromatic N) is 1. The Morgan fingerprint density at radius 2 is 2.00 bits per heavy atom. The van der Waals surface area contributed by atoms with Crippen molar-refractivity contribution in [3.63, 3.8) is 0 Å². The molecule has 1 N–H and O–H groups in total. The zero-order valence-electron chi connectivity index (χ0n) is 14.1. The zero-order valence-corrected chi connectivity index (χ0v) is 14.1. The minimum Gasteiger partial charge on any atom is -0.334 e. The van der Waals surface area contributed by atoms with Crippen LogP contribution >= 0.6 is 0 Å². The maximum Gasteiger partial charge on any atom is 0.223 e. The predicted octanol–water partition coefficient (Wildman–Crippen LogP) is 3.58. The first kappa shape index (κ1) is 16.0. The molecule has 3 rings (SSSR count). The molecule has 0 spiro atoms. The van der Waals surface area contributed by atoms with Gasteiger partial charge in [-0.1, -0.05) is 50.2 Å². The number of nitrogens with one attached hydrogen (secondary N) is 1. The highest BCUT2D eigenvalue weighted by molar-refractivity contribution is 5.83. The molecule has 1 fully saturated rings. The van der Waals surface area contributed by atoms with Gasteiger partial charge in [0.15, 0.2) is 0 Å². The average molecular weight is 310 g/mol. The Kier molecular flexibility index (Phi) is 4.97. The lowest BCUT2D eigenvalue weighted by molar-refractivity contribution is -0.134. The van der Waals surface area contributed by atoms with E-state index in [9.17, 15) is 4.79 Å². The molecule has 3 nitrogen and oxygen atoms in total. The molecule has 0 radical (unpaired) electrons. The summed E-state index contributed by atoms with van der Waals surface area (Å²) in [7, 11) is 0. The Hall–Kier alpha value is -1.87. The molecule has 1 heterocycles. The van der Waals surface area contributed by atoms with Crippen molar-refractivity contribution in [1.29, 1.82) is 0 Å². The molecule has 1 saturated heterocycles. The smallest absolute Gasteiger partial charge is 0.223 e. The highest BCUT2D eigenvalue weighted by atomic mass is 16.2. The normalized spacial score (nSPS) is 17.8. The lowest BCUT2D eigenvalue weighted by Crippen LogP contribution is -2.41. The molecule has 2 aromatic carbocycles. The monoisotopic (exact) mass is 310 g/mol. The Morgan fingerprint density at radius 1 is 1.22 bits per heavy atom. The van der Waals surface area contributed by atoms with Crippen LogP contribution in [0.3, 0.4) is 0 Å². The van der Waals surface area contributed by atoms with E-state index >= 15 is 0 Å². The summed E-state index contributed by atoms with van der Waals surface area (Å²) in [5, 5.41) is 5.87. The Bertz CT molecular complexity index is 674. The first-order valence-corrected chi connectivity index (χ1v) is 8.61. The van der Waals surface area contributed by atoms with Gasteiger partial charge in [-0.25, -0.2) is 0 Å². The number of amides is 1. The van der Waals surface area contributed by atoms with Gasteiger partial charge in [-0.2, -0.15) is 0 Å². The highest BCUT2D eigenvalue weighted by Crippen LogP contribution is 2.20. The van der Waals surface area contributed by atoms with Gasteiger partial charge >= 0.3 is 0 Å². The van der Waals surface area contributed by atoms with E-state index in [0.717, 1.165) is 19.5 Å². The first-order valence-electron chi connectivity index (χ1n) is 8.61. The van der Waals surface area contributed by atoms with E-state index < -0.39 is 0 Å². The second kappa shape index (κ2) is 7.14. The zero-order chi connectivity index (χ0) is 16.2. The van der Waals surface area contributed by atoms with Crippen LogP contribution in [0.5, 0.6) is 0 Å². The van der Waals surface area contributed by atoms with Gasteiger partial charge in [0.1, 0.15) is 0 Å². The predicted molar refractivity (Wildman–Crippen MR) is 95.2 cm³/mol. The quantitative estimate of drug-likeness (QED) is 0.915. The standard InChI is InChI=1S/C20H26N2O/c1-15(2)11-20(23)22(19-9-10-21-13-19)14-16-7-8-17-5-3-4-6-18(17)12-16/h3-8,12,15,19,21H,9-11,13-14H2,1-2H3/t19-/m1/s1. The van der Waals surface area contributed by atoms with Crippen molar-refractivity contribution >= 4 is 16.7 Å². The summed E-state index contributed by atoms with van der Waals surface area (Å²) in [4.78, 5) is 14.8. The fourth-order valence-corrected chi connectivity index (χ4v) is 3.33. The molecule has 0 unspecified atom stereocenters. The highest BCUT2D eigenvalue weighted by Gasteiger charge is 2.26. The second-order valence-corrected chi connectivity index (χ2v) is 6.95. The van der Waals surface area contributed by atoms with Crippen LogP contribution in [0.4, 0.5) is 0 Å². The Balaban J connectivity index is 1.82. The number of benzene rings is 2. The molecular formula is C20H26N2O. The van der Waals surface area contributed by atoms with E-state index in [1.807, 2.05) is 0 Å². The van der Waals surface area contributed by atoms with Crippen molar-refractivity contribution in [2.24, 2.45) is 5.92 Å². The van der Waals surface area contributed by atoms with Crippen molar-refractivity contribution in [3.05, 3.63) is 48.0 Å². The lowest BCUT2D eigenvalue weighted by Gasteiger charge is -2.29. The maximum atomic E-state index is 12.7. The van der Waals surface area contributed by atoms with Crippen LogP contribution in [0.2, 0.25) is 0 Å². The molecule has 1 atom stereocenters. The minimum absolute atomic E-state index is 0.279. The average Bonchev–Trinajstić information content (AvgIpc) is 3.05. The summed E-state index contributed by atoms with van der Waals surface area (Å²) in [6, 6.07) is 15.2. The van der Waals surface area contributed by atoms with Crippen molar-refractivity contribution in [2.75, 3.05) is 13.1 Å². The van der Waals surface area contributed by atoms with Crippen molar-refractivity contribution in [1.82, 2.24) is 10.2 Å². The second-order valence-electron chi connectivity index (χ2n) is 6.95. The molecule has 1 aliphatic rings. The molecule has 3 heteroatoms. The first-order chi connectivity index (χ1) is 11.1. The summed E-state index contributed by atoms with van der Waals surface area (Å²) < 4.78 is 0. The van der Waals surface area contributed by atoms with Crippen LogP contribution in [-0.2, 0) is 11.3 Å². The molecule has 1 aliphatic heterocycles. The van der Waals surface area contributed by atoms with Crippen molar-refractivity contribution in [2.45, 2.75) is 39.3 Å². The van der Waals surface area contributed by atoms with Crippen LogP contribution in [0.25, 0.3) is 10.8 Å². The molecule has 23 heavy (non-hydrogen) atoms. The van der Waals surface area contributed by atoms with Gasteiger partial charge in [-0.15, -0.1) is 0 Å².